The van der Waals surface area contributed by atoms with E-state index >= 15 is 0 Å². The van der Waals surface area contributed by atoms with E-state index in [4.69, 9.17) is 0 Å². The van der Waals surface area contributed by atoms with E-state index < -0.39 is 11.4 Å². The minimum absolute atomic E-state index is 0.0934. The van der Waals surface area contributed by atoms with Gasteiger partial charge in [-0.2, -0.15) is 5.10 Å². The maximum Gasteiger partial charge on any atom is 0.317 e. The zero-order chi connectivity index (χ0) is 15.9. The molecule has 7 nitrogen and oxygen atoms in total. The second-order valence-corrected chi connectivity index (χ2v) is 6.47. The fourth-order valence-electron chi connectivity index (χ4n) is 3.79. The molecule has 2 aliphatic rings. The Labute approximate surface area is 129 Å². The van der Waals surface area contributed by atoms with Crippen molar-refractivity contribution in [3.63, 3.8) is 0 Å². The number of aromatic nitrogens is 2. The van der Waals surface area contributed by atoms with Crippen LogP contribution in [0.5, 0.6) is 0 Å². The molecule has 1 aliphatic carbocycles. The molecule has 2 amide bonds. The van der Waals surface area contributed by atoms with Gasteiger partial charge in [-0.15, -0.1) is 0 Å². The van der Waals surface area contributed by atoms with E-state index in [9.17, 15) is 14.7 Å². The SMILES string of the molecule is Cc1c(CNC(=O)N2C[C@@H]3CCC[C@@]3(C(=O)O)C2)cnn1C. The first-order chi connectivity index (χ1) is 10.4. The second kappa shape index (κ2) is 5.30. The molecule has 3 rings (SSSR count). The third kappa shape index (κ3) is 2.24. The zero-order valence-electron chi connectivity index (χ0n) is 13.0. The van der Waals surface area contributed by atoms with Crippen molar-refractivity contribution in [1.82, 2.24) is 20.0 Å². The standard InChI is InChI=1S/C15H22N4O3/c1-10-11(7-17-18(10)2)6-16-14(22)19-8-12-4-3-5-15(12,9-19)13(20)21/h7,12H,3-6,8-9H2,1-2H3,(H,16,22)(H,20,21)/t12-,15+/m0/s1. The highest BCUT2D eigenvalue weighted by Crippen LogP contribution is 2.48. The Morgan fingerprint density at radius 1 is 1.55 bits per heavy atom. The number of hydrogen-bond donors (Lipinski definition) is 2. The Bertz CT molecular complexity index is 612. The van der Waals surface area contributed by atoms with Crippen LogP contribution in [0.4, 0.5) is 4.79 Å². The van der Waals surface area contributed by atoms with E-state index in [2.05, 4.69) is 10.4 Å². The van der Waals surface area contributed by atoms with Crippen LogP contribution in [0.1, 0.15) is 30.5 Å². The maximum absolute atomic E-state index is 12.3. The molecule has 0 radical (unpaired) electrons. The van der Waals surface area contributed by atoms with Crippen molar-refractivity contribution in [2.75, 3.05) is 13.1 Å². The molecule has 120 valence electrons. The number of carboxylic acids is 1. The van der Waals surface area contributed by atoms with E-state index in [1.807, 2.05) is 14.0 Å². The molecular formula is C15H22N4O3. The molecule has 2 N–H and O–H groups in total. The van der Waals surface area contributed by atoms with Crippen molar-refractivity contribution in [2.45, 2.75) is 32.7 Å². The van der Waals surface area contributed by atoms with Crippen molar-refractivity contribution in [3.05, 3.63) is 17.5 Å². The molecule has 0 bridgehead atoms. The number of rotatable bonds is 3. The second-order valence-electron chi connectivity index (χ2n) is 6.47. The maximum atomic E-state index is 12.3. The smallest absolute Gasteiger partial charge is 0.317 e. The van der Waals surface area contributed by atoms with E-state index in [-0.39, 0.29) is 11.9 Å². The van der Waals surface area contributed by atoms with E-state index in [0.29, 0.717) is 26.1 Å². The molecule has 0 aromatic carbocycles. The van der Waals surface area contributed by atoms with Gasteiger partial charge in [0.2, 0.25) is 0 Å². The van der Waals surface area contributed by atoms with Crippen molar-refractivity contribution >= 4 is 12.0 Å². The lowest BCUT2D eigenvalue weighted by atomic mass is 9.81. The molecule has 1 saturated carbocycles. The molecule has 22 heavy (non-hydrogen) atoms. The number of hydrogen-bond acceptors (Lipinski definition) is 3. The molecule has 2 atom stereocenters. The highest BCUT2D eigenvalue weighted by Gasteiger charge is 2.55. The lowest BCUT2D eigenvalue weighted by Crippen LogP contribution is -2.41. The van der Waals surface area contributed by atoms with Gasteiger partial charge in [-0.3, -0.25) is 9.48 Å². The average Bonchev–Trinajstić information content (AvgIpc) is 3.11. The number of nitrogens with one attached hydrogen (secondary N) is 1. The van der Waals surface area contributed by atoms with Gasteiger partial charge in [0.05, 0.1) is 11.6 Å². The van der Waals surface area contributed by atoms with Gasteiger partial charge in [-0.05, 0) is 25.7 Å². The predicted octanol–water partition coefficient (Wildman–Crippen LogP) is 1.12. The van der Waals surface area contributed by atoms with Gasteiger partial charge in [0.1, 0.15) is 0 Å². The first-order valence-corrected chi connectivity index (χ1v) is 7.67. The quantitative estimate of drug-likeness (QED) is 0.876. The molecule has 0 unspecified atom stereocenters. The predicted molar refractivity (Wildman–Crippen MR) is 79.2 cm³/mol. The van der Waals surface area contributed by atoms with Gasteiger partial charge < -0.3 is 15.3 Å². The van der Waals surface area contributed by atoms with Gasteiger partial charge >= 0.3 is 12.0 Å². The van der Waals surface area contributed by atoms with Gasteiger partial charge in [-0.25, -0.2) is 4.79 Å². The number of aliphatic carboxylic acids is 1. The first-order valence-electron chi connectivity index (χ1n) is 7.67. The Morgan fingerprint density at radius 3 is 2.91 bits per heavy atom. The van der Waals surface area contributed by atoms with Gasteiger partial charge in [0, 0.05) is 37.9 Å². The summed E-state index contributed by atoms with van der Waals surface area (Å²) in [5.41, 5.74) is 1.27. The third-order valence-electron chi connectivity index (χ3n) is 5.35. The summed E-state index contributed by atoms with van der Waals surface area (Å²) in [5.74, 6) is -0.663. The number of urea groups is 1. The Hall–Kier alpha value is -2.05. The van der Waals surface area contributed by atoms with Gasteiger partial charge in [-0.1, -0.05) is 6.42 Å². The van der Waals surface area contributed by atoms with Crippen LogP contribution in [-0.4, -0.2) is 44.9 Å². The number of nitrogens with zero attached hydrogens (tertiary/aromatic N) is 3. The molecule has 1 saturated heterocycles. The van der Waals surface area contributed by atoms with Crippen LogP contribution in [0.3, 0.4) is 0 Å². The molecule has 1 aromatic heterocycles. The Balaban J connectivity index is 1.62. The van der Waals surface area contributed by atoms with Gasteiger partial charge in [0.25, 0.3) is 0 Å². The monoisotopic (exact) mass is 306 g/mol. The third-order valence-corrected chi connectivity index (χ3v) is 5.35. The highest BCUT2D eigenvalue weighted by molar-refractivity contribution is 5.80. The lowest BCUT2D eigenvalue weighted by molar-refractivity contribution is -0.149. The molecule has 0 spiro atoms. The summed E-state index contributed by atoms with van der Waals surface area (Å²) >= 11 is 0. The zero-order valence-corrected chi connectivity index (χ0v) is 13.0. The number of carbonyl (C=O) groups excluding carboxylic acids is 1. The summed E-state index contributed by atoms with van der Waals surface area (Å²) in [4.78, 5) is 25.6. The van der Waals surface area contributed by atoms with Crippen LogP contribution >= 0.6 is 0 Å². The molecule has 7 heteroatoms. The summed E-state index contributed by atoms with van der Waals surface area (Å²) in [7, 11) is 1.86. The summed E-state index contributed by atoms with van der Waals surface area (Å²) in [6.45, 7) is 3.24. The van der Waals surface area contributed by atoms with E-state index in [1.165, 1.54) is 0 Å². The summed E-state index contributed by atoms with van der Waals surface area (Å²) in [6.07, 6.45) is 4.27. The van der Waals surface area contributed by atoms with Crippen LogP contribution in [0.25, 0.3) is 0 Å². The van der Waals surface area contributed by atoms with Crippen LogP contribution in [0.15, 0.2) is 6.20 Å². The summed E-state index contributed by atoms with van der Waals surface area (Å²) < 4.78 is 1.77. The van der Waals surface area contributed by atoms with Crippen LogP contribution in [-0.2, 0) is 18.4 Å². The van der Waals surface area contributed by atoms with Crippen molar-refractivity contribution in [1.29, 1.82) is 0 Å². The minimum Gasteiger partial charge on any atom is -0.481 e. The summed E-state index contributed by atoms with van der Waals surface area (Å²) in [6, 6.07) is -0.182. The van der Waals surface area contributed by atoms with E-state index in [1.54, 1.807) is 15.8 Å². The number of carbonyl (C=O) groups is 2. The lowest BCUT2D eigenvalue weighted by Gasteiger charge is -2.23. The molecular weight excluding hydrogens is 284 g/mol. The average molecular weight is 306 g/mol. The Morgan fingerprint density at radius 2 is 2.32 bits per heavy atom. The first kappa shape index (κ1) is 14.9. The molecule has 1 aliphatic heterocycles. The largest absolute Gasteiger partial charge is 0.481 e. The number of likely N-dealkylation sites (tertiary alicyclic amines) is 1. The highest BCUT2D eigenvalue weighted by atomic mass is 16.4. The van der Waals surface area contributed by atoms with Crippen molar-refractivity contribution in [2.24, 2.45) is 18.4 Å². The van der Waals surface area contributed by atoms with Crippen LogP contribution < -0.4 is 5.32 Å². The van der Waals surface area contributed by atoms with Crippen LogP contribution in [0.2, 0.25) is 0 Å². The minimum atomic E-state index is -0.756. The topological polar surface area (TPSA) is 87.5 Å². The van der Waals surface area contributed by atoms with Crippen molar-refractivity contribution < 1.29 is 14.7 Å². The number of carboxylic acid groups (broad SMARTS) is 1. The molecule has 1 aromatic rings. The van der Waals surface area contributed by atoms with Gasteiger partial charge in [0.15, 0.2) is 0 Å². The fraction of sp³-hybridized carbons (Fsp3) is 0.667. The normalized spacial score (nSPS) is 27.0. The molecule has 2 fully saturated rings. The number of amides is 2. The number of aryl methyl sites for hydroxylation is 1. The van der Waals surface area contributed by atoms with Crippen molar-refractivity contribution in [3.8, 4) is 0 Å². The fourth-order valence-corrected chi connectivity index (χ4v) is 3.79. The van der Waals surface area contributed by atoms with E-state index in [0.717, 1.165) is 24.1 Å². The summed E-state index contributed by atoms with van der Waals surface area (Å²) in [5, 5.41) is 16.6. The number of fused-ring (bicyclic) bond motifs is 1. The van der Waals surface area contributed by atoms with Crippen LogP contribution in [0, 0.1) is 18.3 Å². The Kier molecular flexibility index (Phi) is 3.58. The molecule has 2 heterocycles.